The number of rotatable bonds is 2. The van der Waals surface area contributed by atoms with Crippen LogP contribution in [0.3, 0.4) is 0 Å². The molecular weight excluding hydrogens is 254 g/mol. The molecule has 1 aliphatic heterocycles. The Bertz CT molecular complexity index is 596. The van der Waals surface area contributed by atoms with Crippen LogP contribution in [0.15, 0.2) is 30.7 Å². The lowest BCUT2D eigenvalue weighted by Crippen LogP contribution is -2.36. The van der Waals surface area contributed by atoms with Gasteiger partial charge in [0.1, 0.15) is 5.82 Å². The van der Waals surface area contributed by atoms with Crippen molar-refractivity contribution in [3.8, 4) is 11.4 Å². The van der Waals surface area contributed by atoms with Crippen molar-refractivity contribution >= 4 is 11.5 Å². The first-order valence-corrected chi connectivity index (χ1v) is 6.69. The maximum atomic E-state index is 9.56. The molecule has 3 rings (SSSR count). The van der Waals surface area contributed by atoms with Crippen LogP contribution in [0.2, 0.25) is 0 Å². The third kappa shape index (κ3) is 2.70. The monoisotopic (exact) mass is 271 g/mol. The molecule has 0 unspecified atom stereocenters. The summed E-state index contributed by atoms with van der Waals surface area (Å²) < 4.78 is 0. The topological polar surface area (TPSA) is 88.2 Å². The quantitative estimate of drug-likeness (QED) is 0.849. The molecule has 2 aromatic heterocycles. The van der Waals surface area contributed by atoms with Crippen molar-refractivity contribution in [2.75, 3.05) is 23.7 Å². The van der Waals surface area contributed by atoms with Crippen molar-refractivity contribution in [3.05, 3.63) is 30.7 Å². The summed E-state index contributed by atoms with van der Waals surface area (Å²) in [6, 6.07) is 3.70. The van der Waals surface area contributed by atoms with Crippen LogP contribution < -0.4 is 10.6 Å². The molecule has 0 radical (unpaired) electrons. The predicted molar refractivity (Wildman–Crippen MR) is 77.1 cm³/mol. The van der Waals surface area contributed by atoms with Gasteiger partial charge in [0, 0.05) is 37.2 Å². The highest BCUT2D eigenvalue weighted by Gasteiger charge is 2.18. The molecule has 3 N–H and O–H groups in total. The zero-order valence-corrected chi connectivity index (χ0v) is 11.1. The maximum Gasteiger partial charge on any atom is 0.163 e. The average molecular weight is 271 g/mol. The largest absolute Gasteiger partial charge is 0.397 e. The van der Waals surface area contributed by atoms with E-state index in [1.54, 1.807) is 18.6 Å². The van der Waals surface area contributed by atoms with Gasteiger partial charge in [-0.1, -0.05) is 0 Å². The van der Waals surface area contributed by atoms with Crippen LogP contribution in [0.5, 0.6) is 0 Å². The van der Waals surface area contributed by atoms with Crippen molar-refractivity contribution in [2.45, 2.75) is 18.9 Å². The van der Waals surface area contributed by atoms with Crippen LogP contribution in [-0.4, -0.2) is 39.3 Å². The van der Waals surface area contributed by atoms with E-state index in [2.05, 4.69) is 19.9 Å². The molecule has 0 aliphatic carbocycles. The number of aromatic nitrogens is 3. The van der Waals surface area contributed by atoms with E-state index in [4.69, 9.17) is 5.73 Å². The Kier molecular flexibility index (Phi) is 3.47. The highest BCUT2D eigenvalue weighted by Crippen LogP contribution is 2.21. The Morgan fingerprint density at radius 2 is 2.05 bits per heavy atom. The molecular formula is C14H17N5O. The zero-order valence-electron chi connectivity index (χ0n) is 11.1. The summed E-state index contributed by atoms with van der Waals surface area (Å²) in [6.45, 7) is 1.62. The second-order valence-corrected chi connectivity index (χ2v) is 4.96. The molecule has 0 atom stereocenters. The first-order valence-electron chi connectivity index (χ1n) is 6.69. The number of aliphatic hydroxyl groups excluding tert-OH is 1. The standard InChI is InChI=1S/C14H17N5O/c15-11-7-10(8-16-9-11)14-17-4-1-13(18-14)19-5-2-12(20)3-6-19/h1,4,7-9,12,20H,2-3,5-6,15H2. The summed E-state index contributed by atoms with van der Waals surface area (Å²) in [5, 5.41) is 9.56. The number of aliphatic hydroxyl groups is 1. The number of nitrogens with zero attached hydrogens (tertiary/aromatic N) is 4. The van der Waals surface area contributed by atoms with Crippen molar-refractivity contribution in [3.63, 3.8) is 0 Å². The molecule has 0 saturated carbocycles. The Morgan fingerprint density at radius 1 is 1.25 bits per heavy atom. The van der Waals surface area contributed by atoms with E-state index in [1.165, 1.54) is 0 Å². The molecule has 1 aliphatic rings. The van der Waals surface area contributed by atoms with Crippen LogP contribution in [0.25, 0.3) is 11.4 Å². The zero-order chi connectivity index (χ0) is 13.9. The molecule has 104 valence electrons. The number of anilines is 2. The molecule has 3 heterocycles. The van der Waals surface area contributed by atoms with Gasteiger partial charge in [0.25, 0.3) is 0 Å². The molecule has 0 bridgehead atoms. The van der Waals surface area contributed by atoms with Gasteiger partial charge in [-0.05, 0) is 25.0 Å². The molecule has 20 heavy (non-hydrogen) atoms. The number of nitrogen functional groups attached to an aromatic ring is 1. The van der Waals surface area contributed by atoms with Crippen LogP contribution in [0.4, 0.5) is 11.5 Å². The Hall–Kier alpha value is -2.21. The number of hydrogen-bond acceptors (Lipinski definition) is 6. The van der Waals surface area contributed by atoms with Gasteiger partial charge in [0.05, 0.1) is 11.8 Å². The fourth-order valence-corrected chi connectivity index (χ4v) is 2.34. The van der Waals surface area contributed by atoms with E-state index in [0.29, 0.717) is 11.5 Å². The molecule has 0 spiro atoms. The summed E-state index contributed by atoms with van der Waals surface area (Å²) in [5.74, 6) is 1.50. The second-order valence-electron chi connectivity index (χ2n) is 4.96. The second kappa shape index (κ2) is 5.42. The number of pyridine rings is 1. The van der Waals surface area contributed by atoms with E-state index in [1.807, 2.05) is 12.1 Å². The Labute approximate surface area is 117 Å². The van der Waals surface area contributed by atoms with E-state index in [0.717, 1.165) is 37.3 Å². The van der Waals surface area contributed by atoms with Gasteiger partial charge in [-0.3, -0.25) is 4.98 Å². The average Bonchev–Trinajstić information content (AvgIpc) is 2.48. The molecule has 6 nitrogen and oxygen atoms in total. The number of nitrogens with two attached hydrogens (primary N) is 1. The van der Waals surface area contributed by atoms with Crippen molar-refractivity contribution in [2.24, 2.45) is 0 Å². The maximum absolute atomic E-state index is 9.56. The van der Waals surface area contributed by atoms with Crippen LogP contribution in [0.1, 0.15) is 12.8 Å². The summed E-state index contributed by atoms with van der Waals surface area (Å²) in [7, 11) is 0. The van der Waals surface area contributed by atoms with Crippen molar-refractivity contribution < 1.29 is 5.11 Å². The van der Waals surface area contributed by atoms with Crippen molar-refractivity contribution in [1.29, 1.82) is 0 Å². The van der Waals surface area contributed by atoms with Gasteiger partial charge in [0.15, 0.2) is 5.82 Å². The van der Waals surface area contributed by atoms with Crippen LogP contribution in [-0.2, 0) is 0 Å². The normalized spacial score (nSPS) is 16.4. The smallest absolute Gasteiger partial charge is 0.163 e. The van der Waals surface area contributed by atoms with Gasteiger partial charge < -0.3 is 15.7 Å². The summed E-state index contributed by atoms with van der Waals surface area (Å²) in [4.78, 5) is 15.1. The molecule has 2 aromatic rings. The lowest BCUT2D eigenvalue weighted by atomic mass is 10.1. The van der Waals surface area contributed by atoms with E-state index < -0.39 is 0 Å². The summed E-state index contributed by atoms with van der Waals surface area (Å²) in [6.07, 6.45) is 6.41. The Balaban J connectivity index is 1.86. The van der Waals surface area contributed by atoms with E-state index in [-0.39, 0.29) is 6.10 Å². The lowest BCUT2D eigenvalue weighted by molar-refractivity contribution is 0.145. The predicted octanol–water partition coefficient (Wildman–Crippen LogP) is 1.08. The number of hydrogen-bond donors (Lipinski definition) is 2. The van der Waals surface area contributed by atoms with E-state index in [9.17, 15) is 5.11 Å². The van der Waals surface area contributed by atoms with Gasteiger partial charge in [-0.15, -0.1) is 0 Å². The summed E-state index contributed by atoms with van der Waals surface area (Å²) >= 11 is 0. The van der Waals surface area contributed by atoms with Crippen molar-refractivity contribution in [1.82, 2.24) is 15.0 Å². The number of piperidine rings is 1. The first-order chi connectivity index (χ1) is 9.72. The minimum Gasteiger partial charge on any atom is -0.397 e. The van der Waals surface area contributed by atoms with Gasteiger partial charge >= 0.3 is 0 Å². The van der Waals surface area contributed by atoms with Crippen LogP contribution >= 0.6 is 0 Å². The summed E-state index contributed by atoms with van der Waals surface area (Å²) in [5.41, 5.74) is 7.14. The van der Waals surface area contributed by atoms with E-state index >= 15 is 0 Å². The molecule has 1 fully saturated rings. The Morgan fingerprint density at radius 3 is 2.80 bits per heavy atom. The molecule has 1 saturated heterocycles. The van der Waals surface area contributed by atoms with Crippen LogP contribution in [0, 0.1) is 0 Å². The van der Waals surface area contributed by atoms with Gasteiger partial charge in [-0.2, -0.15) is 0 Å². The highest BCUT2D eigenvalue weighted by atomic mass is 16.3. The minimum atomic E-state index is -0.189. The molecule has 0 amide bonds. The third-order valence-electron chi connectivity index (χ3n) is 3.45. The third-order valence-corrected chi connectivity index (χ3v) is 3.45. The molecule has 6 heteroatoms. The fraction of sp³-hybridized carbons (Fsp3) is 0.357. The molecule has 0 aromatic carbocycles. The lowest BCUT2D eigenvalue weighted by Gasteiger charge is -2.30. The SMILES string of the molecule is Nc1cncc(-c2nccc(N3CCC(O)CC3)n2)c1. The van der Waals surface area contributed by atoms with Gasteiger partial charge in [0.2, 0.25) is 0 Å². The fourth-order valence-electron chi connectivity index (χ4n) is 2.34. The minimum absolute atomic E-state index is 0.189. The highest BCUT2D eigenvalue weighted by molar-refractivity contribution is 5.60. The first kappa shape index (κ1) is 12.8. The van der Waals surface area contributed by atoms with Gasteiger partial charge in [-0.25, -0.2) is 9.97 Å².